The number of aromatic carboxylic acids is 1. The van der Waals surface area contributed by atoms with Crippen molar-refractivity contribution in [2.24, 2.45) is 0 Å². The van der Waals surface area contributed by atoms with Crippen LogP contribution >= 0.6 is 12.4 Å². The van der Waals surface area contributed by atoms with Crippen LogP contribution in [0.4, 0.5) is 4.39 Å². The first kappa shape index (κ1) is 28.5. The molecule has 3 aromatic rings. The Labute approximate surface area is 224 Å². The van der Waals surface area contributed by atoms with Crippen molar-refractivity contribution in [1.82, 2.24) is 5.32 Å². The first-order valence-corrected chi connectivity index (χ1v) is 12.5. The van der Waals surface area contributed by atoms with E-state index in [9.17, 15) is 14.3 Å². The summed E-state index contributed by atoms with van der Waals surface area (Å²) < 4.78 is 25.2. The third kappa shape index (κ3) is 6.25. The highest BCUT2D eigenvalue weighted by Gasteiger charge is 2.31. The van der Waals surface area contributed by atoms with Gasteiger partial charge in [-0.25, -0.2) is 9.18 Å². The molecule has 0 aliphatic carbocycles. The standard InChI is InChI=1S/C30H34FNO4.ClH/c1-18-11-13-23(19(2)29(18)30(33)34)25-17-22(36-27-10-6-5-9-24(25)27)8-7-15-32-20(3)21-12-14-26(31)28(16-21)35-4;/h5-6,9-14,16,20,22,25,32H,7-8,15,17H2,1-4H3,(H,33,34);1H/t20-,22+,25+;/m1./s1. The van der Waals surface area contributed by atoms with Gasteiger partial charge in [-0.3, -0.25) is 0 Å². The highest BCUT2D eigenvalue weighted by Crippen LogP contribution is 2.43. The average Bonchev–Trinajstić information content (AvgIpc) is 2.86. The molecular weight excluding hydrogens is 493 g/mol. The molecule has 0 saturated heterocycles. The largest absolute Gasteiger partial charge is 0.494 e. The zero-order valence-electron chi connectivity index (χ0n) is 21.7. The van der Waals surface area contributed by atoms with Crippen molar-refractivity contribution in [3.8, 4) is 11.5 Å². The SMILES string of the molecule is COc1cc([C@@H](C)NCCC[C@H]2C[C@@H](c3ccc(C)c(C(=O)O)c3C)c3ccccc3O2)ccc1F.Cl. The van der Waals surface area contributed by atoms with Gasteiger partial charge in [-0.2, -0.15) is 0 Å². The summed E-state index contributed by atoms with van der Waals surface area (Å²) in [6.45, 7) is 6.60. The fourth-order valence-corrected chi connectivity index (χ4v) is 5.25. The topological polar surface area (TPSA) is 67.8 Å². The van der Waals surface area contributed by atoms with Crippen molar-refractivity contribution in [2.75, 3.05) is 13.7 Å². The lowest BCUT2D eigenvalue weighted by atomic mass is 9.80. The molecule has 0 saturated carbocycles. The van der Waals surface area contributed by atoms with Gasteiger partial charge < -0.3 is 19.9 Å². The van der Waals surface area contributed by atoms with Gasteiger partial charge in [0.15, 0.2) is 11.6 Å². The van der Waals surface area contributed by atoms with Crippen LogP contribution in [0.1, 0.15) is 76.3 Å². The summed E-state index contributed by atoms with van der Waals surface area (Å²) in [5, 5.41) is 13.3. The van der Waals surface area contributed by atoms with E-state index in [2.05, 4.69) is 24.4 Å². The molecule has 5 nitrogen and oxygen atoms in total. The third-order valence-electron chi connectivity index (χ3n) is 7.22. The Morgan fingerprint density at radius 2 is 1.92 bits per heavy atom. The van der Waals surface area contributed by atoms with Gasteiger partial charge >= 0.3 is 5.97 Å². The van der Waals surface area contributed by atoms with E-state index in [0.29, 0.717) is 5.56 Å². The Balaban J connectivity index is 0.00000380. The molecule has 3 aromatic carbocycles. The Bertz CT molecular complexity index is 1250. The predicted molar refractivity (Wildman–Crippen MR) is 146 cm³/mol. The van der Waals surface area contributed by atoms with E-state index in [4.69, 9.17) is 9.47 Å². The molecule has 0 fully saturated rings. The van der Waals surface area contributed by atoms with E-state index in [-0.39, 0.29) is 42.0 Å². The smallest absolute Gasteiger partial charge is 0.336 e. The average molecular weight is 528 g/mol. The maximum atomic E-state index is 13.7. The summed E-state index contributed by atoms with van der Waals surface area (Å²) in [5.74, 6) is -0.0498. The maximum absolute atomic E-state index is 13.7. The second-order valence-corrected chi connectivity index (χ2v) is 9.55. The number of nitrogens with one attached hydrogen (secondary N) is 1. The molecule has 1 aliphatic rings. The lowest BCUT2D eigenvalue weighted by Crippen LogP contribution is -2.28. The number of methoxy groups -OCH3 is 1. The van der Waals surface area contributed by atoms with Crippen LogP contribution in [0.2, 0.25) is 0 Å². The maximum Gasteiger partial charge on any atom is 0.336 e. The normalized spacial score (nSPS) is 17.2. The number of hydrogen-bond donors (Lipinski definition) is 2. The minimum absolute atomic E-state index is 0. The molecular formula is C30H35ClFNO4. The van der Waals surface area contributed by atoms with Crippen molar-refractivity contribution in [3.63, 3.8) is 0 Å². The molecule has 1 aliphatic heterocycles. The number of halogens is 2. The molecule has 3 atom stereocenters. The van der Waals surface area contributed by atoms with E-state index >= 15 is 0 Å². The number of carboxylic acids is 1. The molecule has 4 rings (SSSR count). The Morgan fingerprint density at radius 3 is 2.65 bits per heavy atom. The number of para-hydroxylation sites is 1. The van der Waals surface area contributed by atoms with Gasteiger partial charge in [-0.1, -0.05) is 36.4 Å². The molecule has 37 heavy (non-hydrogen) atoms. The molecule has 0 spiro atoms. The minimum Gasteiger partial charge on any atom is -0.494 e. The number of carboxylic acid groups (broad SMARTS) is 1. The fraction of sp³-hybridized carbons (Fsp3) is 0.367. The predicted octanol–water partition coefficient (Wildman–Crippen LogP) is 6.99. The highest BCUT2D eigenvalue weighted by atomic mass is 35.5. The highest BCUT2D eigenvalue weighted by molar-refractivity contribution is 5.91. The summed E-state index contributed by atoms with van der Waals surface area (Å²) in [4.78, 5) is 11.9. The van der Waals surface area contributed by atoms with Crippen LogP contribution in [0.5, 0.6) is 11.5 Å². The van der Waals surface area contributed by atoms with Gasteiger partial charge in [0.05, 0.1) is 18.8 Å². The first-order chi connectivity index (χ1) is 17.3. The van der Waals surface area contributed by atoms with E-state index in [1.807, 2.05) is 38.1 Å². The molecule has 0 aromatic heterocycles. The number of hydrogen-bond acceptors (Lipinski definition) is 4. The van der Waals surface area contributed by atoms with Crippen LogP contribution in [-0.2, 0) is 0 Å². The van der Waals surface area contributed by atoms with E-state index in [1.165, 1.54) is 13.2 Å². The third-order valence-corrected chi connectivity index (χ3v) is 7.22. The molecule has 198 valence electrons. The summed E-state index contributed by atoms with van der Waals surface area (Å²) in [6.07, 6.45) is 2.61. The Kier molecular flexibility index (Phi) is 9.57. The van der Waals surface area contributed by atoms with Gasteiger partial charge in [0.2, 0.25) is 0 Å². The fourth-order valence-electron chi connectivity index (χ4n) is 5.25. The van der Waals surface area contributed by atoms with Crippen molar-refractivity contribution >= 4 is 18.4 Å². The first-order valence-electron chi connectivity index (χ1n) is 12.5. The van der Waals surface area contributed by atoms with Crippen LogP contribution < -0.4 is 14.8 Å². The number of benzene rings is 3. The molecule has 2 N–H and O–H groups in total. The molecule has 1 heterocycles. The monoisotopic (exact) mass is 527 g/mol. The van der Waals surface area contributed by atoms with Gasteiger partial charge in [-0.05, 0) is 87.0 Å². The lowest BCUT2D eigenvalue weighted by Gasteiger charge is -2.34. The van der Waals surface area contributed by atoms with Gasteiger partial charge in [0.1, 0.15) is 5.75 Å². The molecule has 0 radical (unpaired) electrons. The van der Waals surface area contributed by atoms with Crippen molar-refractivity contribution < 1.29 is 23.8 Å². The van der Waals surface area contributed by atoms with E-state index < -0.39 is 5.97 Å². The second kappa shape index (κ2) is 12.4. The minimum atomic E-state index is -0.886. The molecule has 0 unspecified atom stereocenters. The van der Waals surface area contributed by atoms with Gasteiger partial charge in [-0.15, -0.1) is 12.4 Å². The Hall–Kier alpha value is -3.09. The summed E-state index contributed by atoms with van der Waals surface area (Å²) in [7, 11) is 1.47. The summed E-state index contributed by atoms with van der Waals surface area (Å²) in [5.41, 5.74) is 5.13. The molecule has 0 amide bonds. The number of rotatable bonds is 9. The van der Waals surface area contributed by atoms with Crippen molar-refractivity contribution in [2.45, 2.75) is 58.1 Å². The van der Waals surface area contributed by atoms with Gasteiger partial charge in [0, 0.05) is 17.5 Å². The van der Waals surface area contributed by atoms with E-state index in [1.54, 1.807) is 12.1 Å². The van der Waals surface area contributed by atoms with Gasteiger partial charge in [0.25, 0.3) is 0 Å². The Morgan fingerprint density at radius 1 is 1.16 bits per heavy atom. The number of carbonyl (C=O) groups is 1. The number of fused-ring (bicyclic) bond motifs is 1. The zero-order valence-corrected chi connectivity index (χ0v) is 22.5. The van der Waals surface area contributed by atoms with Crippen LogP contribution in [0, 0.1) is 19.7 Å². The van der Waals surface area contributed by atoms with Crippen LogP contribution in [0.15, 0.2) is 54.6 Å². The summed E-state index contributed by atoms with van der Waals surface area (Å²) >= 11 is 0. The lowest BCUT2D eigenvalue weighted by molar-refractivity contribution is 0.0695. The van der Waals surface area contributed by atoms with E-state index in [0.717, 1.165) is 59.4 Å². The molecule has 7 heteroatoms. The second-order valence-electron chi connectivity index (χ2n) is 9.55. The zero-order chi connectivity index (χ0) is 25.8. The number of aryl methyl sites for hydroxylation is 1. The van der Waals surface area contributed by atoms with Crippen LogP contribution in [0.3, 0.4) is 0 Å². The number of ether oxygens (including phenoxy) is 2. The van der Waals surface area contributed by atoms with Crippen molar-refractivity contribution in [1.29, 1.82) is 0 Å². The summed E-state index contributed by atoms with van der Waals surface area (Å²) in [6, 6.07) is 17.0. The van der Waals surface area contributed by atoms with Crippen LogP contribution in [0.25, 0.3) is 0 Å². The molecule has 0 bridgehead atoms. The van der Waals surface area contributed by atoms with Crippen LogP contribution in [-0.4, -0.2) is 30.8 Å². The van der Waals surface area contributed by atoms with Crippen molar-refractivity contribution in [3.05, 3.63) is 93.8 Å². The quantitative estimate of drug-likeness (QED) is 0.294.